The summed E-state index contributed by atoms with van der Waals surface area (Å²) in [5, 5.41) is 3.59. The van der Waals surface area contributed by atoms with E-state index >= 15 is 0 Å². The minimum absolute atomic E-state index is 0.324. The van der Waals surface area contributed by atoms with Gasteiger partial charge in [-0.25, -0.2) is 4.79 Å². The number of carbonyl (C=O) groups is 6. The van der Waals surface area contributed by atoms with Gasteiger partial charge in [0.2, 0.25) is 0 Å². The summed E-state index contributed by atoms with van der Waals surface area (Å²) < 4.78 is 51.2. The molecule has 0 aromatic rings. The molecule has 0 spiro atoms. The van der Waals surface area contributed by atoms with E-state index < -0.39 is 112 Å². The minimum Gasteiger partial charge on any atom is -0.467 e. The summed E-state index contributed by atoms with van der Waals surface area (Å²) in [4.78, 5) is 77.3. The van der Waals surface area contributed by atoms with Crippen molar-refractivity contribution in [3.05, 3.63) is 10.4 Å². The molecule has 0 N–H and O–H groups in total. The topological polar surface area (TPSA) is 234 Å². The highest BCUT2D eigenvalue weighted by Crippen LogP contribution is 2.43. The summed E-state index contributed by atoms with van der Waals surface area (Å²) in [6.45, 7) is 14.7. The molecule has 2 heterocycles. The molecule has 10 atom stereocenters. The smallest absolute Gasteiger partial charge is 0.339 e. The highest BCUT2D eigenvalue weighted by molar-refractivity contribution is 6.74. The maximum atomic E-state index is 13.2. The van der Waals surface area contributed by atoms with Crippen LogP contribution in [0, 0.1) is 5.92 Å². The van der Waals surface area contributed by atoms with Crippen LogP contribution in [0.3, 0.4) is 0 Å². The van der Waals surface area contributed by atoms with Crippen molar-refractivity contribution in [3.63, 3.8) is 0 Å². The van der Waals surface area contributed by atoms with E-state index in [-0.39, 0.29) is 11.5 Å². The number of methoxy groups -OCH3 is 1. The molecule has 2 saturated heterocycles. The molecule has 2 fully saturated rings. The second-order valence-electron chi connectivity index (χ2n) is 13.2. The Morgan fingerprint density at radius 1 is 0.755 bits per heavy atom. The Morgan fingerprint density at radius 2 is 1.24 bits per heavy atom. The molecule has 0 aromatic carbocycles. The number of hydrogen-bond acceptors (Lipinski definition) is 16. The molecule has 2 aliphatic rings. The molecule has 19 heteroatoms. The fourth-order valence-electron chi connectivity index (χ4n) is 5.38. The fourth-order valence-corrected chi connectivity index (χ4v) is 6.51. The molecule has 2 rings (SSSR count). The number of azide groups is 1. The van der Waals surface area contributed by atoms with Crippen LogP contribution in [0.2, 0.25) is 18.1 Å². The van der Waals surface area contributed by atoms with Crippen LogP contribution in [-0.4, -0.2) is 113 Å². The van der Waals surface area contributed by atoms with Crippen molar-refractivity contribution in [2.24, 2.45) is 11.0 Å². The van der Waals surface area contributed by atoms with E-state index in [0.29, 0.717) is 0 Å². The van der Waals surface area contributed by atoms with Crippen molar-refractivity contribution in [3.8, 4) is 0 Å². The van der Waals surface area contributed by atoms with Crippen LogP contribution < -0.4 is 0 Å². The first-order valence-corrected chi connectivity index (χ1v) is 18.5. The van der Waals surface area contributed by atoms with E-state index in [0.717, 1.165) is 41.7 Å². The Hall–Kier alpha value is -3.77. The zero-order valence-electron chi connectivity index (χ0n) is 29.7. The maximum absolute atomic E-state index is 13.2. The van der Waals surface area contributed by atoms with Gasteiger partial charge in [-0.3, -0.25) is 24.0 Å². The summed E-state index contributed by atoms with van der Waals surface area (Å²) in [6.07, 6.45) is -11.7. The molecule has 276 valence electrons. The lowest BCUT2D eigenvalue weighted by molar-refractivity contribution is -0.265. The lowest BCUT2D eigenvalue weighted by Gasteiger charge is -2.50. The molecule has 0 saturated carbocycles. The largest absolute Gasteiger partial charge is 0.467 e. The molecule has 49 heavy (non-hydrogen) atoms. The third-order valence-electron chi connectivity index (χ3n) is 8.45. The van der Waals surface area contributed by atoms with Gasteiger partial charge >= 0.3 is 35.8 Å². The van der Waals surface area contributed by atoms with Crippen LogP contribution in [-0.2, 0) is 71.1 Å². The van der Waals surface area contributed by atoms with Gasteiger partial charge in [0, 0.05) is 45.4 Å². The highest BCUT2D eigenvalue weighted by atomic mass is 28.4. The quantitative estimate of drug-likeness (QED) is 0.0705. The summed E-state index contributed by atoms with van der Waals surface area (Å²) >= 11 is 0. The normalized spacial score (nSPS) is 30.1. The van der Waals surface area contributed by atoms with Crippen molar-refractivity contribution in [2.75, 3.05) is 13.7 Å². The van der Waals surface area contributed by atoms with Gasteiger partial charge in [0.15, 0.2) is 39.0 Å². The number of hydrogen-bond donors (Lipinski definition) is 0. The molecule has 0 radical (unpaired) electrons. The Kier molecular flexibility index (Phi) is 14.6. The second kappa shape index (κ2) is 17.2. The van der Waals surface area contributed by atoms with Gasteiger partial charge in [-0.2, -0.15) is 0 Å². The molecular weight excluding hydrogens is 670 g/mol. The second-order valence-corrected chi connectivity index (χ2v) is 18.0. The first-order valence-electron chi connectivity index (χ1n) is 15.6. The van der Waals surface area contributed by atoms with Crippen LogP contribution in [0.5, 0.6) is 0 Å². The zero-order chi connectivity index (χ0) is 37.4. The number of carbonyl (C=O) groups excluding carboxylic acids is 6. The van der Waals surface area contributed by atoms with Crippen LogP contribution >= 0.6 is 0 Å². The molecule has 0 unspecified atom stereocenters. The highest BCUT2D eigenvalue weighted by Gasteiger charge is 2.58. The van der Waals surface area contributed by atoms with Crippen molar-refractivity contribution in [1.82, 2.24) is 0 Å². The van der Waals surface area contributed by atoms with E-state index in [4.69, 9.17) is 42.3 Å². The average Bonchev–Trinajstić information content (AvgIpc) is 2.95. The monoisotopic (exact) mass is 717 g/mol. The standard InChI is InChI=1S/C30H47N3O15Si/c1-14(34)41-13-21-25(44-17(4)37)26(45-18(5)38)24(43-16(3)36)20(46-21)12-19-22(32-33-31)29(48-49(10,11)30(6,7)8)47-27(28(39)40-9)23(19)42-15(2)35/h19-27,29H,12-13H2,1-11H3/t19-,20-,21-,22+,23-,24-,25-,26-,27+,29+/m1/s1. The van der Waals surface area contributed by atoms with Gasteiger partial charge in [0.25, 0.3) is 0 Å². The predicted octanol–water partition coefficient (Wildman–Crippen LogP) is 2.65. The SMILES string of the molecule is COC(=O)[C@H]1O[C@@H](O[Si](C)(C)C(C)(C)C)[C@@H](N=[N+]=[N-])[C@@H](C[C@H]2O[C@H](COC(C)=O)[C@@H](OC(C)=O)[C@H](OC(C)=O)[C@@H]2OC(C)=O)[C@H]1OC(C)=O. The first kappa shape index (κ1) is 41.4. The number of esters is 6. The minimum atomic E-state index is -2.72. The molecule has 0 aromatic heterocycles. The van der Waals surface area contributed by atoms with Gasteiger partial charge < -0.3 is 42.3 Å². The van der Waals surface area contributed by atoms with Gasteiger partial charge in [-0.1, -0.05) is 25.9 Å². The summed E-state index contributed by atoms with van der Waals surface area (Å²) in [5.41, 5.74) is 9.71. The lowest BCUT2D eigenvalue weighted by Crippen LogP contribution is -2.65. The van der Waals surface area contributed by atoms with E-state index in [1.165, 1.54) is 0 Å². The molecule has 0 aliphatic carbocycles. The van der Waals surface area contributed by atoms with Crippen molar-refractivity contribution in [1.29, 1.82) is 0 Å². The van der Waals surface area contributed by atoms with Crippen LogP contribution in [0.4, 0.5) is 0 Å². The van der Waals surface area contributed by atoms with Crippen LogP contribution in [0.1, 0.15) is 61.8 Å². The Bertz CT molecular complexity index is 1300. The third kappa shape index (κ3) is 11.1. The number of ether oxygens (including phenoxy) is 8. The maximum Gasteiger partial charge on any atom is 0.339 e. The van der Waals surface area contributed by atoms with Crippen LogP contribution in [0.15, 0.2) is 5.11 Å². The van der Waals surface area contributed by atoms with Crippen molar-refractivity contribution in [2.45, 2.75) is 135 Å². The van der Waals surface area contributed by atoms with E-state index in [1.807, 2.05) is 33.9 Å². The summed E-state index contributed by atoms with van der Waals surface area (Å²) in [5.74, 6) is -6.10. The Labute approximate surface area is 285 Å². The van der Waals surface area contributed by atoms with Gasteiger partial charge in [0.1, 0.15) is 18.8 Å². The molecule has 2 aliphatic heterocycles. The van der Waals surface area contributed by atoms with E-state index in [2.05, 4.69) is 10.0 Å². The summed E-state index contributed by atoms with van der Waals surface area (Å²) in [6, 6.07) is -1.28. The van der Waals surface area contributed by atoms with Crippen molar-refractivity contribution < 1.29 is 71.1 Å². The lowest BCUT2D eigenvalue weighted by atomic mass is 9.80. The number of nitrogens with zero attached hydrogens (tertiary/aromatic N) is 3. The average molecular weight is 718 g/mol. The molecule has 0 amide bonds. The Morgan fingerprint density at radius 3 is 1.69 bits per heavy atom. The predicted molar refractivity (Wildman–Crippen MR) is 168 cm³/mol. The summed E-state index contributed by atoms with van der Waals surface area (Å²) in [7, 11) is -1.61. The van der Waals surface area contributed by atoms with Crippen LogP contribution in [0.25, 0.3) is 10.4 Å². The van der Waals surface area contributed by atoms with Gasteiger partial charge in [-0.05, 0) is 30.1 Å². The first-order chi connectivity index (χ1) is 22.6. The van der Waals surface area contributed by atoms with E-state index in [1.54, 1.807) is 0 Å². The third-order valence-corrected chi connectivity index (χ3v) is 12.9. The number of rotatable bonds is 12. The zero-order valence-corrected chi connectivity index (χ0v) is 30.7. The molecule has 18 nitrogen and oxygen atoms in total. The van der Waals surface area contributed by atoms with Gasteiger partial charge in [0.05, 0.1) is 19.3 Å². The van der Waals surface area contributed by atoms with Gasteiger partial charge in [-0.15, -0.1) is 0 Å². The fraction of sp³-hybridized carbons (Fsp3) is 0.800. The van der Waals surface area contributed by atoms with E-state index in [9.17, 15) is 34.3 Å². The molecule has 0 bridgehead atoms. The Balaban J connectivity index is 2.83. The van der Waals surface area contributed by atoms with Crippen molar-refractivity contribution >= 4 is 44.1 Å². The molecular formula is C30H47N3O15Si.